The minimum Gasteiger partial charge on any atom is -0.490 e. The number of hydrogen-bond donors (Lipinski definition) is 1. The first kappa shape index (κ1) is 21.7. The van der Waals surface area contributed by atoms with Crippen molar-refractivity contribution in [3.05, 3.63) is 52.3 Å². The van der Waals surface area contributed by atoms with Gasteiger partial charge in [-0.25, -0.2) is 4.39 Å². The number of benzene rings is 2. The molecule has 0 aliphatic rings. The Morgan fingerprint density at radius 1 is 1.07 bits per heavy atom. The van der Waals surface area contributed by atoms with E-state index in [4.69, 9.17) is 9.47 Å². The largest absolute Gasteiger partial charge is 0.490 e. The zero-order valence-corrected chi connectivity index (χ0v) is 17.5. The van der Waals surface area contributed by atoms with Gasteiger partial charge in [-0.15, -0.1) is 0 Å². The standard InChI is InChI=1S/C20H22BrFN2O4/c1-4-27-17-9-7-14(11-18(17)28-5-2)23-19(25)12-24(3)20(26)15-8-6-13(22)10-16(15)21/h6-11H,4-5,12H2,1-3H3,(H,23,25). The molecule has 0 unspecified atom stereocenters. The van der Waals surface area contributed by atoms with Crippen molar-refractivity contribution in [2.45, 2.75) is 13.8 Å². The summed E-state index contributed by atoms with van der Waals surface area (Å²) in [4.78, 5) is 26.1. The lowest BCUT2D eigenvalue weighted by Gasteiger charge is -2.18. The van der Waals surface area contributed by atoms with Crippen LogP contribution >= 0.6 is 15.9 Å². The van der Waals surface area contributed by atoms with Crippen molar-refractivity contribution >= 4 is 33.4 Å². The monoisotopic (exact) mass is 452 g/mol. The molecule has 2 amide bonds. The summed E-state index contributed by atoms with van der Waals surface area (Å²) >= 11 is 3.16. The minimum absolute atomic E-state index is 0.167. The lowest BCUT2D eigenvalue weighted by atomic mass is 10.2. The molecule has 1 N–H and O–H groups in total. The molecule has 0 heterocycles. The normalized spacial score (nSPS) is 10.3. The third kappa shape index (κ3) is 5.69. The number of anilines is 1. The highest BCUT2D eigenvalue weighted by Crippen LogP contribution is 2.30. The van der Waals surface area contributed by atoms with Gasteiger partial charge in [-0.2, -0.15) is 0 Å². The average molecular weight is 453 g/mol. The number of carbonyl (C=O) groups is 2. The van der Waals surface area contributed by atoms with Crippen LogP contribution in [0.2, 0.25) is 0 Å². The quantitative estimate of drug-likeness (QED) is 0.654. The summed E-state index contributed by atoms with van der Waals surface area (Å²) < 4.78 is 24.5. The van der Waals surface area contributed by atoms with Crippen LogP contribution in [0.1, 0.15) is 24.2 Å². The van der Waals surface area contributed by atoms with Crippen LogP contribution < -0.4 is 14.8 Å². The van der Waals surface area contributed by atoms with E-state index in [1.807, 2.05) is 13.8 Å². The molecular weight excluding hydrogens is 431 g/mol. The highest BCUT2D eigenvalue weighted by Gasteiger charge is 2.18. The molecule has 0 saturated heterocycles. The summed E-state index contributed by atoms with van der Waals surface area (Å²) in [5, 5.41) is 2.73. The van der Waals surface area contributed by atoms with Gasteiger partial charge < -0.3 is 19.7 Å². The van der Waals surface area contributed by atoms with Gasteiger partial charge in [0.15, 0.2) is 11.5 Å². The summed E-state index contributed by atoms with van der Waals surface area (Å²) in [7, 11) is 1.50. The maximum atomic E-state index is 13.2. The highest BCUT2D eigenvalue weighted by atomic mass is 79.9. The predicted molar refractivity (Wildman–Crippen MR) is 108 cm³/mol. The van der Waals surface area contributed by atoms with Gasteiger partial charge in [-0.1, -0.05) is 0 Å². The Hall–Kier alpha value is -2.61. The number of hydrogen-bond acceptors (Lipinski definition) is 4. The van der Waals surface area contributed by atoms with E-state index in [1.165, 1.54) is 30.1 Å². The van der Waals surface area contributed by atoms with Crippen LogP contribution in [0.4, 0.5) is 10.1 Å². The number of nitrogens with zero attached hydrogens (tertiary/aromatic N) is 1. The molecule has 0 bridgehead atoms. The second-order valence-corrected chi connectivity index (χ2v) is 6.72. The molecule has 0 saturated carbocycles. The maximum absolute atomic E-state index is 13.2. The molecule has 0 radical (unpaired) electrons. The minimum atomic E-state index is -0.454. The van der Waals surface area contributed by atoms with Crippen molar-refractivity contribution < 1.29 is 23.5 Å². The van der Waals surface area contributed by atoms with Crippen LogP contribution in [0.25, 0.3) is 0 Å². The van der Waals surface area contributed by atoms with E-state index < -0.39 is 11.7 Å². The van der Waals surface area contributed by atoms with Gasteiger partial charge in [0, 0.05) is 23.3 Å². The van der Waals surface area contributed by atoms with Gasteiger partial charge in [0.2, 0.25) is 5.91 Å². The first-order valence-corrected chi connectivity index (χ1v) is 9.55. The Morgan fingerprint density at radius 3 is 2.39 bits per heavy atom. The number of nitrogens with one attached hydrogen (secondary N) is 1. The highest BCUT2D eigenvalue weighted by molar-refractivity contribution is 9.10. The maximum Gasteiger partial charge on any atom is 0.255 e. The summed E-state index contributed by atoms with van der Waals surface area (Å²) in [6.45, 7) is 4.52. The van der Waals surface area contributed by atoms with Crippen molar-refractivity contribution in [1.29, 1.82) is 0 Å². The second-order valence-electron chi connectivity index (χ2n) is 5.86. The molecule has 0 spiro atoms. The Bertz CT molecular complexity index is 860. The average Bonchev–Trinajstić information content (AvgIpc) is 2.63. The number of amides is 2. The van der Waals surface area contributed by atoms with Crippen molar-refractivity contribution in [1.82, 2.24) is 4.90 Å². The fourth-order valence-corrected chi connectivity index (χ4v) is 3.01. The van der Waals surface area contributed by atoms with Crippen LogP contribution in [0, 0.1) is 5.82 Å². The molecule has 150 valence electrons. The van der Waals surface area contributed by atoms with E-state index >= 15 is 0 Å². The Morgan fingerprint density at radius 2 is 1.75 bits per heavy atom. The molecule has 2 aromatic rings. The number of rotatable bonds is 8. The lowest BCUT2D eigenvalue weighted by molar-refractivity contribution is -0.116. The molecule has 0 atom stereocenters. The first-order valence-electron chi connectivity index (χ1n) is 8.75. The topological polar surface area (TPSA) is 67.9 Å². The van der Waals surface area contributed by atoms with E-state index in [-0.39, 0.29) is 18.0 Å². The number of halogens is 2. The van der Waals surface area contributed by atoms with E-state index in [0.29, 0.717) is 34.9 Å². The number of carbonyl (C=O) groups excluding carboxylic acids is 2. The fourth-order valence-electron chi connectivity index (χ4n) is 2.49. The Balaban J connectivity index is 2.04. The van der Waals surface area contributed by atoms with E-state index in [9.17, 15) is 14.0 Å². The summed E-state index contributed by atoms with van der Waals surface area (Å²) in [6.07, 6.45) is 0. The molecule has 6 nitrogen and oxygen atoms in total. The third-order valence-electron chi connectivity index (χ3n) is 3.72. The molecule has 2 aromatic carbocycles. The SMILES string of the molecule is CCOc1ccc(NC(=O)CN(C)C(=O)c2ccc(F)cc2Br)cc1OCC. The van der Waals surface area contributed by atoms with Crippen LogP contribution in [-0.2, 0) is 4.79 Å². The van der Waals surface area contributed by atoms with Crippen LogP contribution in [0.5, 0.6) is 11.5 Å². The van der Waals surface area contributed by atoms with Crippen molar-refractivity contribution in [3.8, 4) is 11.5 Å². The molecule has 8 heteroatoms. The van der Waals surface area contributed by atoms with Gasteiger partial charge >= 0.3 is 0 Å². The fraction of sp³-hybridized carbons (Fsp3) is 0.300. The molecule has 0 aromatic heterocycles. The summed E-state index contributed by atoms with van der Waals surface area (Å²) in [5.41, 5.74) is 0.803. The zero-order valence-electron chi connectivity index (χ0n) is 15.9. The molecule has 0 aliphatic carbocycles. The van der Waals surface area contributed by atoms with Gasteiger partial charge in [0.1, 0.15) is 5.82 Å². The van der Waals surface area contributed by atoms with Crippen molar-refractivity contribution in [2.75, 3.05) is 32.1 Å². The van der Waals surface area contributed by atoms with Gasteiger partial charge in [-0.3, -0.25) is 9.59 Å². The molecule has 2 rings (SSSR count). The molecular formula is C20H22BrFN2O4. The van der Waals surface area contributed by atoms with Gasteiger partial charge in [0.05, 0.1) is 25.3 Å². The number of ether oxygens (including phenoxy) is 2. The predicted octanol–water partition coefficient (Wildman–Crippen LogP) is 4.10. The van der Waals surface area contributed by atoms with Crippen molar-refractivity contribution in [2.24, 2.45) is 0 Å². The molecule has 0 fully saturated rings. The Labute approximate surface area is 171 Å². The smallest absolute Gasteiger partial charge is 0.255 e. The lowest BCUT2D eigenvalue weighted by Crippen LogP contribution is -2.35. The second kappa shape index (κ2) is 10.1. The van der Waals surface area contributed by atoms with Gasteiger partial charge in [0.25, 0.3) is 5.91 Å². The van der Waals surface area contributed by atoms with Crippen LogP contribution in [0.3, 0.4) is 0 Å². The van der Waals surface area contributed by atoms with Crippen LogP contribution in [0.15, 0.2) is 40.9 Å². The van der Waals surface area contributed by atoms with Crippen LogP contribution in [-0.4, -0.2) is 43.5 Å². The zero-order chi connectivity index (χ0) is 20.7. The van der Waals surface area contributed by atoms with Crippen molar-refractivity contribution in [3.63, 3.8) is 0 Å². The Kier molecular flexibility index (Phi) is 7.80. The molecule has 28 heavy (non-hydrogen) atoms. The van der Waals surface area contributed by atoms with Gasteiger partial charge in [-0.05, 0) is 60.1 Å². The van der Waals surface area contributed by atoms with E-state index in [2.05, 4.69) is 21.2 Å². The first-order chi connectivity index (χ1) is 13.3. The van der Waals surface area contributed by atoms with E-state index in [0.717, 1.165) is 0 Å². The van der Waals surface area contributed by atoms with E-state index in [1.54, 1.807) is 18.2 Å². The summed E-state index contributed by atoms with van der Waals surface area (Å²) in [5.74, 6) is -0.105. The molecule has 0 aliphatic heterocycles. The summed E-state index contributed by atoms with van der Waals surface area (Å²) in [6, 6.07) is 8.86. The third-order valence-corrected chi connectivity index (χ3v) is 4.37. The number of likely N-dealkylation sites (N-methyl/N-ethyl adjacent to an activating group) is 1.